The Morgan fingerprint density at radius 3 is 2.67 bits per heavy atom. The first-order valence-electron chi connectivity index (χ1n) is 10.8. The third kappa shape index (κ3) is 6.03. The number of piperidine rings is 1. The first kappa shape index (κ1) is 25.4. The van der Waals surface area contributed by atoms with Crippen molar-refractivity contribution >= 4 is 54.2 Å². The Morgan fingerprint density at radius 1 is 1.09 bits per heavy atom. The number of likely N-dealkylation sites (tertiary alicyclic amines) is 1. The second-order valence-electron chi connectivity index (χ2n) is 8.01. The minimum absolute atomic E-state index is 0. The Labute approximate surface area is 210 Å². The molecule has 4 heterocycles. The molecule has 0 spiro atoms. The van der Waals surface area contributed by atoms with Crippen molar-refractivity contribution in [3.05, 3.63) is 65.3 Å². The molecule has 176 valence electrons. The maximum absolute atomic E-state index is 12.8. The second kappa shape index (κ2) is 11.8. The number of para-hydroxylation sites is 1. The quantitative estimate of drug-likeness (QED) is 0.509. The van der Waals surface area contributed by atoms with E-state index in [-0.39, 0.29) is 30.7 Å². The van der Waals surface area contributed by atoms with E-state index in [2.05, 4.69) is 19.6 Å². The second-order valence-corrected chi connectivity index (χ2v) is 9.07. The summed E-state index contributed by atoms with van der Waals surface area (Å²) in [6.07, 6.45) is 5.96. The van der Waals surface area contributed by atoms with E-state index in [0.29, 0.717) is 12.5 Å². The number of pyridine rings is 1. The van der Waals surface area contributed by atoms with Gasteiger partial charge in [-0.2, -0.15) is 0 Å². The zero-order valence-electron chi connectivity index (χ0n) is 18.2. The third-order valence-electron chi connectivity index (χ3n) is 5.92. The SMILES string of the molecule is Cl.Cl.O=C(NCC1CCN(CCOc2ccccc2)CC1)C1=Cc2cnc3cccc(n23)S1. The maximum Gasteiger partial charge on any atom is 0.258 e. The Balaban J connectivity index is 0.00000153. The lowest BCUT2D eigenvalue weighted by Crippen LogP contribution is -2.40. The third-order valence-corrected chi connectivity index (χ3v) is 6.97. The molecule has 0 bridgehead atoms. The summed E-state index contributed by atoms with van der Waals surface area (Å²) in [5.74, 6) is 1.46. The van der Waals surface area contributed by atoms with Crippen LogP contribution < -0.4 is 10.1 Å². The number of hydrogen-bond donors (Lipinski definition) is 1. The highest BCUT2D eigenvalue weighted by Gasteiger charge is 2.23. The summed E-state index contributed by atoms with van der Waals surface area (Å²) in [6.45, 7) is 4.49. The molecule has 0 radical (unpaired) electrons. The van der Waals surface area contributed by atoms with Gasteiger partial charge < -0.3 is 10.1 Å². The van der Waals surface area contributed by atoms with Crippen LogP contribution in [0.5, 0.6) is 5.75 Å². The lowest BCUT2D eigenvalue weighted by molar-refractivity contribution is -0.117. The maximum atomic E-state index is 12.8. The number of halogens is 2. The number of thioether (sulfide) groups is 1. The van der Waals surface area contributed by atoms with E-state index in [4.69, 9.17) is 4.74 Å². The molecule has 2 aliphatic heterocycles. The van der Waals surface area contributed by atoms with Crippen LogP contribution in [-0.4, -0.2) is 53.0 Å². The molecule has 1 fully saturated rings. The van der Waals surface area contributed by atoms with Crippen LogP contribution in [0.15, 0.2) is 64.7 Å². The van der Waals surface area contributed by atoms with Crippen LogP contribution in [0.2, 0.25) is 0 Å². The highest BCUT2D eigenvalue weighted by molar-refractivity contribution is 8.04. The monoisotopic (exact) mass is 506 g/mol. The highest BCUT2D eigenvalue weighted by Crippen LogP contribution is 2.34. The molecule has 3 aromatic rings. The molecule has 0 atom stereocenters. The average molecular weight is 507 g/mol. The normalized spacial score (nSPS) is 15.8. The molecule has 0 unspecified atom stereocenters. The zero-order valence-corrected chi connectivity index (χ0v) is 20.6. The van der Waals surface area contributed by atoms with Crippen LogP contribution in [0, 0.1) is 5.92 Å². The molecule has 1 N–H and O–H groups in total. The minimum Gasteiger partial charge on any atom is -0.492 e. The molecule has 6 nitrogen and oxygen atoms in total. The molecule has 33 heavy (non-hydrogen) atoms. The van der Waals surface area contributed by atoms with Gasteiger partial charge in [0.1, 0.15) is 18.0 Å². The summed E-state index contributed by atoms with van der Waals surface area (Å²) in [5.41, 5.74) is 1.87. The van der Waals surface area contributed by atoms with E-state index in [1.165, 1.54) is 11.8 Å². The van der Waals surface area contributed by atoms with Crippen molar-refractivity contribution in [2.24, 2.45) is 5.92 Å². The number of hydrogen-bond acceptors (Lipinski definition) is 5. The Kier molecular flexibility index (Phi) is 9.09. The van der Waals surface area contributed by atoms with Crippen LogP contribution in [0.25, 0.3) is 11.7 Å². The topological polar surface area (TPSA) is 58.9 Å². The van der Waals surface area contributed by atoms with Gasteiger partial charge in [-0.05, 0) is 62.2 Å². The average Bonchev–Trinajstić information content (AvgIpc) is 3.23. The first-order valence-corrected chi connectivity index (χ1v) is 11.6. The van der Waals surface area contributed by atoms with Crippen LogP contribution in [-0.2, 0) is 4.79 Å². The molecule has 1 saturated heterocycles. The number of nitrogens with one attached hydrogen (secondary N) is 1. The standard InChI is InChI=1S/C24H26N4O2S.2ClH/c29-24(21-15-19-17-25-22-7-4-8-23(31-21)28(19)22)26-16-18-9-11-27(12-10-18)13-14-30-20-5-2-1-3-6-20;;/h1-8,15,17-18H,9-14,16H2,(H,26,29);2*1H. The van der Waals surface area contributed by atoms with Crippen molar-refractivity contribution < 1.29 is 9.53 Å². The number of carbonyl (C=O) groups excluding carboxylic acids is 1. The van der Waals surface area contributed by atoms with Gasteiger partial charge in [-0.1, -0.05) is 36.0 Å². The first-order chi connectivity index (χ1) is 15.3. The predicted octanol–water partition coefficient (Wildman–Crippen LogP) is 4.53. The number of aromatic nitrogens is 2. The van der Waals surface area contributed by atoms with Gasteiger partial charge in [0.25, 0.3) is 5.91 Å². The number of rotatable bonds is 7. The van der Waals surface area contributed by atoms with Gasteiger partial charge >= 0.3 is 0 Å². The largest absolute Gasteiger partial charge is 0.492 e. The summed E-state index contributed by atoms with van der Waals surface area (Å²) >= 11 is 1.51. The molecule has 5 rings (SSSR count). The molecule has 2 aliphatic rings. The number of benzene rings is 1. The van der Waals surface area contributed by atoms with E-state index in [1.54, 1.807) is 0 Å². The summed E-state index contributed by atoms with van der Waals surface area (Å²) in [6, 6.07) is 15.9. The summed E-state index contributed by atoms with van der Waals surface area (Å²) in [7, 11) is 0. The van der Waals surface area contributed by atoms with E-state index < -0.39 is 0 Å². The van der Waals surface area contributed by atoms with E-state index >= 15 is 0 Å². The van der Waals surface area contributed by atoms with Crippen LogP contribution in [0.3, 0.4) is 0 Å². The van der Waals surface area contributed by atoms with Crippen LogP contribution >= 0.6 is 36.6 Å². The van der Waals surface area contributed by atoms with Crippen LogP contribution in [0.4, 0.5) is 0 Å². The van der Waals surface area contributed by atoms with Crippen molar-refractivity contribution in [1.82, 2.24) is 19.6 Å². The van der Waals surface area contributed by atoms with Crippen LogP contribution in [0.1, 0.15) is 18.5 Å². The number of ether oxygens (including phenoxy) is 1. The fourth-order valence-corrected chi connectivity index (χ4v) is 5.15. The number of imidazole rings is 1. The molecule has 9 heteroatoms. The molecule has 1 aromatic carbocycles. The molecule has 0 saturated carbocycles. The molecule has 1 amide bonds. The Hall–Kier alpha value is -2.19. The van der Waals surface area contributed by atoms with Gasteiger partial charge in [0.05, 0.1) is 21.8 Å². The number of carbonyl (C=O) groups is 1. The number of nitrogens with zero attached hydrogens (tertiary/aromatic N) is 3. The van der Waals surface area contributed by atoms with E-state index in [9.17, 15) is 4.79 Å². The van der Waals surface area contributed by atoms with Gasteiger partial charge in [-0.3, -0.25) is 14.1 Å². The van der Waals surface area contributed by atoms with Gasteiger partial charge in [0, 0.05) is 13.1 Å². The summed E-state index contributed by atoms with van der Waals surface area (Å²) in [4.78, 5) is 20.4. The van der Waals surface area contributed by atoms with Crippen molar-refractivity contribution in [1.29, 1.82) is 0 Å². The number of amides is 1. The molecular weight excluding hydrogens is 479 g/mol. The molecular formula is C24H28Cl2N4O2S. The Bertz CT molecular complexity index is 1100. The van der Waals surface area contributed by atoms with Gasteiger partial charge in [-0.15, -0.1) is 24.8 Å². The minimum atomic E-state index is 0. The fraction of sp³-hybridized carbons (Fsp3) is 0.333. The van der Waals surface area contributed by atoms with Gasteiger partial charge in [0.2, 0.25) is 0 Å². The summed E-state index contributed by atoms with van der Waals surface area (Å²) in [5, 5.41) is 4.19. The van der Waals surface area contributed by atoms with E-state index in [0.717, 1.165) is 66.0 Å². The van der Waals surface area contributed by atoms with E-state index in [1.807, 2.05) is 60.8 Å². The smallest absolute Gasteiger partial charge is 0.258 e. The lowest BCUT2D eigenvalue weighted by Gasteiger charge is -2.32. The van der Waals surface area contributed by atoms with Gasteiger partial charge in [0.15, 0.2) is 0 Å². The highest BCUT2D eigenvalue weighted by atomic mass is 35.5. The summed E-state index contributed by atoms with van der Waals surface area (Å²) < 4.78 is 7.89. The lowest BCUT2D eigenvalue weighted by atomic mass is 9.97. The van der Waals surface area contributed by atoms with Crippen molar-refractivity contribution in [2.45, 2.75) is 17.9 Å². The Morgan fingerprint density at radius 2 is 1.88 bits per heavy atom. The fourth-order valence-electron chi connectivity index (χ4n) is 4.15. The molecule has 0 aliphatic carbocycles. The zero-order chi connectivity index (χ0) is 21.0. The molecule has 2 aromatic heterocycles. The predicted molar refractivity (Wildman–Crippen MR) is 138 cm³/mol. The van der Waals surface area contributed by atoms with Crippen molar-refractivity contribution in [3.8, 4) is 5.75 Å². The van der Waals surface area contributed by atoms with Crippen molar-refractivity contribution in [2.75, 3.05) is 32.8 Å². The van der Waals surface area contributed by atoms with Gasteiger partial charge in [-0.25, -0.2) is 4.98 Å². The van der Waals surface area contributed by atoms with Crippen molar-refractivity contribution in [3.63, 3.8) is 0 Å².